The minimum Gasteiger partial charge on any atom is -0.396 e. The number of rotatable bonds is 4. The van der Waals surface area contributed by atoms with Crippen LogP contribution in [0.5, 0.6) is 11.5 Å². The standard InChI is InChI=1S/C11H13F2NO3.ClH/c12-11(13)16-9-5-1-3-7(10(9)17-11)8(14)4-2-6-15;/h1,3,5,8,15H,2,4,6,14H2;1H/t8-;/m1./s1. The van der Waals surface area contributed by atoms with Crippen molar-refractivity contribution in [3.8, 4) is 11.5 Å². The first-order chi connectivity index (χ1) is 8.03. The van der Waals surface area contributed by atoms with E-state index >= 15 is 0 Å². The zero-order valence-corrected chi connectivity index (χ0v) is 10.3. The van der Waals surface area contributed by atoms with Crippen molar-refractivity contribution in [1.29, 1.82) is 0 Å². The normalized spacial score (nSPS) is 17.1. The first-order valence-electron chi connectivity index (χ1n) is 5.28. The molecule has 0 amide bonds. The van der Waals surface area contributed by atoms with Crippen LogP contribution in [0.3, 0.4) is 0 Å². The lowest BCUT2D eigenvalue weighted by Gasteiger charge is -2.13. The molecule has 1 aromatic rings. The van der Waals surface area contributed by atoms with Gasteiger partial charge < -0.3 is 20.3 Å². The van der Waals surface area contributed by atoms with Crippen LogP contribution in [-0.4, -0.2) is 18.0 Å². The Labute approximate surface area is 109 Å². The summed E-state index contributed by atoms with van der Waals surface area (Å²) in [5, 5.41) is 8.71. The fraction of sp³-hybridized carbons (Fsp3) is 0.455. The van der Waals surface area contributed by atoms with Gasteiger partial charge in [0.05, 0.1) is 0 Å². The Hall–Kier alpha value is -1.11. The van der Waals surface area contributed by atoms with Crippen molar-refractivity contribution in [3.05, 3.63) is 23.8 Å². The van der Waals surface area contributed by atoms with Crippen LogP contribution in [-0.2, 0) is 0 Å². The molecule has 0 unspecified atom stereocenters. The van der Waals surface area contributed by atoms with Gasteiger partial charge in [0.15, 0.2) is 11.5 Å². The molecule has 0 saturated carbocycles. The van der Waals surface area contributed by atoms with Crippen molar-refractivity contribution in [2.75, 3.05) is 6.61 Å². The van der Waals surface area contributed by atoms with Crippen LogP contribution >= 0.6 is 12.4 Å². The zero-order chi connectivity index (χ0) is 12.5. The zero-order valence-electron chi connectivity index (χ0n) is 9.44. The number of hydrogen-bond acceptors (Lipinski definition) is 4. The molecular weight excluding hydrogens is 268 g/mol. The summed E-state index contributed by atoms with van der Waals surface area (Å²) in [4.78, 5) is 0. The van der Waals surface area contributed by atoms with Crippen LogP contribution in [0.1, 0.15) is 24.4 Å². The molecule has 1 aliphatic rings. The summed E-state index contributed by atoms with van der Waals surface area (Å²) in [6.45, 7) is 0.0102. The maximum atomic E-state index is 12.9. The highest BCUT2D eigenvalue weighted by atomic mass is 35.5. The van der Waals surface area contributed by atoms with Gasteiger partial charge in [-0.3, -0.25) is 0 Å². The predicted molar refractivity (Wildman–Crippen MR) is 63.1 cm³/mol. The van der Waals surface area contributed by atoms with Crippen LogP contribution in [0.25, 0.3) is 0 Å². The Morgan fingerprint density at radius 3 is 2.72 bits per heavy atom. The van der Waals surface area contributed by atoms with Gasteiger partial charge in [0.1, 0.15) is 0 Å². The number of halogens is 3. The van der Waals surface area contributed by atoms with Crippen LogP contribution in [0.4, 0.5) is 8.78 Å². The van der Waals surface area contributed by atoms with Crippen LogP contribution < -0.4 is 15.2 Å². The molecule has 0 fully saturated rings. The second-order valence-electron chi connectivity index (χ2n) is 3.81. The van der Waals surface area contributed by atoms with E-state index in [9.17, 15) is 8.78 Å². The highest BCUT2D eigenvalue weighted by Gasteiger charge is 2.44. The Bertz CT molecular complexity index is 417. The number of aliphatic hydroxyl groups is 1. The van der Waals surface area contributed by atoms with E-state index in [0.29, 0.717) is 18.4 Å². The van der Waals surface area contributed by atoms with Crippen LogP contribution in [0.2, 0.25) is 0 Å². The van der Waals surface area contributed by atoms with Crippen molar-refractivity contribution < 1.29 is 23.4 Å². The van der Waals surface area contributed by atoms with E-state index in [2.05, 4.69) is 9.47 Å². The quantitative estimate of drug-likeness (QED) is 0.888. The van der Waals surface area contributed by atoms with Gasteiger partial charge in [-0.05, 0) is 18.9 Å². The molecule has 4 nitrogen and oxygen atoms in total. The highest BCUT2D eigenvalue weighted by Crippen LogP contribution is 2.45. The Morgan fingerprint density at radius 1 is 1.33 bits per heavy atom. The highest BCUT2D eigenvalue weighted by molar-refractivity contribution is 5.85. The molecule has 1 aromatic carbocycles. The Kier molecular flexibility index (Phi) is 4.72. The largest absolute Gasteiger partial charge is 0.586 e. The fourth-order valence-corrected chi connectivity index (χ4v) is 1.75. The molecule has 0 aromatic heterocycles. The van der Waals surface area contributed by atoms with Gasteiger partial charge in [0.2, 0.25) is 0 Å². The summed E-state index contributed by atoms with van der Waals surface area (Å²) in [6, 6.07) is 4.14. The monoisotopic (exact) mass is 281 g/mol. The number of fused-ring (bicyclic) bond motifs is 1. The lowest BCUT2D eigenvalue weighted by molar-refractivity contribution is -0.287. The van der Waals surface area contributed by atoms with E-state index in [1.807, 2.05) is 0 Å². The van der Waals surface area contributed by atoms with Gasteiger partial charge >= 0.3 is 6.29 Å². The average Bonchev–Trinajstić information content (AvgIpc) is 2.59. The van der Waals surface area contributed by atoms with E-state index < -0.39 is 12.3 Å². The second kappa shape index (κ2) is 5.69. The van der Waals surface area contributed by atoms with E-state index in [0.717, 1.165) is 0 Å². The number of benzene rings is 1. The number of hydrogen-bond donors (Lipinski definition) is 2. The third kappa shape index (κ3) is 3.01. The van der Waals surface area contributed by atoms with Crippen LogP contribution in [0.15, 0.2) is 18.2 Å². The molecule has 0 saturated heterocycles. The summed E-state index contributed by atoms with van der Waals surface area (Å²) in [5.74, 6) is -0.0186. The molecule has 1 atom stereocenters. The van der Waals surface area contributed by atoms with Crippen molar-refractivity contribution in [3.63, 3.8) is 0 Å². The molecular formula is C11H14ClF2NO3. The van der Waals surface area contributed by atoms with Crippen LogP contribution in [0, 0.1) is 0 Å². The van der Waals surface area contributed by atoms with Gasteiger partial charge in [-0.15, -0.1) is 21.2 Å². The predicted octanol–water partition coefficient (Wildman–Crippen LogP) is 2.20. The summed E-state index contributed by atoms with van der Waals surface area (Å²) in [5.41, 5.74) is 6.32. The van der Waals surface area contributed by atoms with Gasteiger partial charge in [-0.25, -0.2) is 0 Å². The maximum Gasteiger partial charge on any atom is 0.586 e. The first-order valence-corrected chi connectivity index (χ1v) is 5.28. The fourth-order valence-electron chi connectivity index (χ4n) is 1.75. The number of alkyl halides is 2. The summed E-state index contributed by atoms with van der Waals surface area (Å²) in [6.07, 6.45) is -2.64. The Morgan fingerprint density at radius 2 is 2.06 bits per heavy atom. The molecule has 0 spiro atoms. The number of ether oxygens (including phenoxy) is 2. The molecule has 0 bridgehead atoms. The molecule has 1 aliphatic heterocycles. The first kappa shape index (κ1) is 14.9. The van der Waals surface area contributed by atoms with E-state index in [-0.39, 0.29) is 30.5 Å². The van der Waals surface area contributed by atoms with Crippen molar-refractivity contribution in [2.45, 2.75) is 25.2 Å². The van der Waals surface area contributed by atoms with Crippen molar-refractivity contribution in [1.82, 2.24) is 0 Å². The van der Waals surface area contributed by atoms with E-state index in [1.165, 1.54) is 6.07 Å². The molecule has 3 N–H and O–H groups in total. The lowest BCUT2D eigenvalue weighted by Crippen LogP contribution is -2.26. The molecule has 7 heteroatoms. The molecule has 0 aliphatic carbocycles. The maximum absolute atomic E-state index is 12.9. The third-order valence-electron chi connectivity index (χ3n) is 2.53. The number of aliphatic hydroxyl groups excluding tert-OH is 1. The summed E-state index contributed by atoms with van der Waals surface area (Å²) < 4.78 is 34.6. The Balaban J connectivity index is 0.00000162. The average molecular weight is 282 g/mol. The van der Waals surface area contributed by atoms with Gasteiger partial charge in [-0.1, -0.05) is 12.1 Å². The summed E-state index contributed by atoms with van der Waals surface area (Å²) in [7, 11) is 0. The third-order valence-corrected chi connectivity index (χ3v) is 2.53. The topological polar surface area (TPSA) is 64.7 Å². The SMILES string of the molecule is Cl.N[C@H](CCCO)c1cccc2c1OC(F)(F)O2. The van der Waals surface area contributed by atoms with Crippen molar-refractivity contribution in [2.24, 2.45) is 5.73 Å². The number of nitrogens with two attached hydrogens (primary N) is 1. The van der Waals surface area contributed by atoms with Crippen molar-refractivity contribution >= 4 is 12.4 Å². The smallest absolute Gasteiger partial charge is 0.396 e. The second-order valence-corrected chi connectivity index (χ2v) is 3.81. The minimum atomic E-state index is -3.63. The van der Waals surface area contributed by atoms with Gasteiger partial charge in [0.25, 0.3) is 0 Å². The summed E-state index contributed by atoms with van der Waals surface area (Å²) >= 11 is 0. The minimum absolute atomic E-state index is 0. The molecule has 18 heavy (non-hydrogen) atoms. The molecule has 102 valence electrons. The number of para-hydroxylation sites is 1. The van der Waals surface area contributed by atoms with E-state index in [4.69, 9.17) is 10.8 Å². The molecule has 0 radical (unpaired) electrons. The van der Waals surface area contributed by atoms with Gasteiger partial charge in [-0.2, -0.15) is 0 Å². The molecule has 1 heterocycles. The van der Waals surface area contributed by atoms with Gasteiger partial charge in [0, 0.05) is 18.2 Å². The van der Waals surface area contributed by atoms with E-state index in [1.54, 1.807) is 12.1 Å². The molecule has 2 rings (SSSR count). The lowest BCUT2D eigenvalue weighted by atomic mass is 10.0.